The Kier molecular flexibility index (Phi) is 3.02. The Hall–Kier alpha value is -1.09. The second-order valence-electron chi connectivity index (χ2n) is 5.86. The molecule has 0 amide bonds. The molecule has 0 bridgehead atoms. The van der Waals surface area contributed by atoms with E-state index in [1.165, 1.54) is 19.3 Å². The third kappa shape index (κ3) is 2.01. The molecule has 2 N–H and O–H groups in total. The number of nitrogens with zero attached hydrogens (tertiary/aromatic N) is 1. The Bertz CT molecular complexity index is 432. The molecule has 3 atom stereocenters. The molecule has 1 aromatic carbocycles. The van der Waals surface area contributed by atoms with Crippen LogP contribution in [-0.2, 0) is 0 Å². The van der Waals surface area contributed by atoms with Crippen molar-refractivity contribution in [1.29, 1.82) is 0 Å². The molecule has 0 radical (unpaired) electrons. The summed E-state index contributed by atoms with van der Waals surface area (Å²) in [6.07, 6.45) is 4.00. The minimum absolute atomic E-state index is 0.105. The van der Waals surface area contributed by atoms with Gasteiger partial charge in [0.2, 0.25) is 0 Å². The number of benzene rings is 1. The first-order chi connectivity index (χ1) is 8.65. The van der Waals surface area contributed by atoms with Crippen molar-refractivity contribution in [2.75, 3.05) is 18.0 Å². The lowest BCUT2D eigenvalue weighted by atomic mass is 10.0. The molecule has 2 fully saturated rings. The molecule has 1 saturated heterocycles. The van der Waals surface area contributed by atoms with Crippen molar-refractivity contribution >= 4 is 5.69 Å². The Morgan fingerprint density at radius 3 is 2.50 bits per heavy atom. The second-order valence-corrected chi connectivity index (χ2v) is 5.86. The second kappa shape index (κ2) is 4.54. The highest BCUT2D eigenvalue weighted by atomic mass is 19.1. The number of hydrogen-bond donors (Lipinski definition) is 1. The van der Waals surface area contributed by atoms with Gasteiger partial charge >= 0.3 is 0 Å². The normalized spacial score (nSPS) is 28.5. The van der Waals surface area contributed by atoms with Gasteiger partial charge in [0.1, 0.15) is 5.82 Å². The lowest BCUT2D eigenvalue weighted by Gasteiger charge is -2.21. The van der Waals surface area contributed by atoms with Gasteiger partial charge in [0.25, 0.3) is 0 Å². The summed E-state index contributed by atoms with van der Waals surface area (Å²) in [5.74, 6) is 1.46. The fourth-order valence-electron chi connectivity index (χ4n) is 3.49. The Labute approximate surface area is 108 Å². The molecule has 2 aliphatic rings. The van der Waals surface area contributed by atoms with Crippen LogP contribution < -0.4 is 10.6 Å². The topological polar surface area (TPSA) is 29.3 Å². The molecule has 3 unspecified atom stereocenters. The van der Waals surface area contributed by atoms with E-state index < -0.39 is 0 Å². The standard InChI is InChI=1S/C15H21FN2/c1-10(17)11-5-6-15(14(16)7-11)18-8-12-3-2-4-13(12)9-18/h5-7,10,12-13H,2-4,8-9,17H2,1H3. The zero-order valence-corrected chi connectivity index (χ0v) is 10.9. The maximum Gasteiger partial charge on any atom is 0.146 e. The van der Waals surface area contributed by atoms with Gasteiger partial charge in [0, 0.05) is 19.1 Å². The van der Waals surface area contributed by atoms with Gasteiger partial charge < -0.3 is 10.6 Å². The van der Waals surface area contributed by atoms with Crippen LogP contribution in [0.5, 0.6) is 0 Å². The number of anilines is 1. The molecule has 1 aliphatic heterocycles. The number of nitrogens with two attached hydrogens (primary N) is 1. The summed E-state index contributed by atoms with van der Waals surface area (Å²) in [5, 5.41) is 0. The summed E-state index contributed by atoms with van der Waals surface area (Å²) in [7, 11) is 0. The van der Waals surface area contributed by atoms with Gasteiger partial charge in [-0.1, -0.05) is 12.5 Å². The fourth-order valence-corrected chi connectivity index (χ4v) is 3.49. The highest BCUT2D eigenvalue weighted by Crippen LogP contribution is 2.40. The van der Waals surface area contributed by atoms with Crippen molar-refractivity contribution in [3.8, 4) is 0 Å². The molecular weight excluding hydrogens is 227 g/mol. The highest BCUT2D eigenvalue weighted by molar-refractivity contribution is 5.50. The van der Waals surface area contributed by atoms with Gasteiger partial charge in [0.15, 0.2) is 0 Å². The fraction of sp³-hybridized carbons (Fsp3) is 0.600. The summed E-state index contributed by atoms with van der Waals surface area (Å²) < 4.78 is 14.1. The van der Waals surface area contributed by atoms with Crippen LogP contribution in [0.25, 0.3) is 0 Å². The Morgan fingerprint density at radius 2 is 1.94 bits per heavy atom. The lowest BCUT2D eigenvalue weighted by Crippen LogP contribution is -2.22. The molecular formula is C15H21FN2. The van der Waals surface area contributed by atoms with Crippen LogP contribution in [0.1, 0.15) is 37.8 Å². The predicted molar refractivity (Wildman–Crippen MR) is 72.0 cm³/mol. The minimum Gasteiger partial charge on any atom is -0.369 e. The summed E-state index contributed by atoms with van der Waals surface area (Å²) in [6.45, 7) is 3.94. The number of fused-ring (bicyclic) bond motifs is 1. The first kappa shape index (κ1) is 12.0. The lowest BCUT2D eigenvalue weighted by molar-refractivity contribution is 0.494. The minimum atomic E-state index is -0.121. The molecule has 3 heteroatoms. The van der Waals surface area contributed by atoms with E-state index in [1.807, 2.05) is 19.1 Å². The van der Waals surface area contributed by atoms with Crippen LogP contribution in [0.15, 0.2) is 18.2 Å². The van der Waals surface area contributed by atoms with Crippen molar-refractivity contribution in [3.05, 3.63) is 29.6 Å². The first-order valence-corrected chi connectivity index (χ1v) is 6.95. The van der Waals surface area contributed by atoms with Gasteiger partial charge in [0.05, 0.1) is 5.69 Å². The molecule has 0 spiro atoms. The van der Waals surface area contributed by atoms with Gasteiger partial charge in [-0.15, -0.1) is 0 Å². The van der Waals surface area contributed by atoms with Crippen molar-refractivity contribution < 1.29 is 4.39 Å². The molecule has 3 rings (SSSR count). The van der Waals surface area contributed by atoms with Crippen LogP contribution >= 0.6 is 0 Å². The molecule has 1 heterocycles. The number of hydrogen-bond acceptors (Lipinski definition) is 2. The zero-order valence-electron chi connectivity index (χ0n) is 10.9. The molecule has 1 aromatic rings. The maximum absolute atomic E-state index is 14.1. The van der Waals surface area contributed by atoms with Crippen LogP contribution in [-0.4, -0.2) is 13.1 Å². The van der Waals surface area contributed by atoms with Gasteiger partial charge in [-0.25, -0.2) is 4.39 Å². The van der Waals surface area contributed by atoms with Crippen molar-refractivity contribution in [2.24, 2.45) is 17.6 Å². The van der Waals surface area contributed by atoms with Crippen LogP contribution in [0.4, 0.5) is 10.1 Å². The average molecular weight is 248 g/mol. The molecule has 18 heavy (non-hydrogen) atoms. The quantitative estimate of drug-likeness (QED) is 0.871. The van der Waals surface area contributed by atoms with E-state index in [2.05, 4.69) is 4.90 Å². The molecule has 1 aliphatic carbocycles. The SMILES string of the molecule is CC(N)c1ccc(N2CC3CCCC3C2)c(F)c1. The van der Waals surface area contributed by atoms with E-state index in [4.69, 9.17) is 5.73 Å². The predicted octanol–water partition coefficient (Wildman–Crippen LogP) is 3.08. The van der Waals surface area contributed by atoms with Crippen LogP contribution in [0.3, 0.4) is 0 Å². The van der Waals surface area contributed by atoms with Crippen LogP contribution in [0.2, 0.25) is 0 Å². The van der Waals surface area contributed by atoms with Gasteiger partial charge in [-0.05, 0) is 49.3 Å². The molecule has 98 valence electrons. The largest absolute Gasteiger partial charge is 0.369 e. The van der Waals surface area contributed by atoms with Gasteiger partial charge in [-0.2, -0.15) is 0 Å². The third-order valence-electron chi connectivity index (χ3n) is 4.56. The van der Waals surface area contributed by atoms with E-state index in [1.54, 1.807) is 6.07 Å². The van der Waals surface area contributed by atoms with E-state index >= 15 is 0 Å². The summed E-state index contributed by atoms with van der Waals surface area (Å²) >= 11 is 0. The molecule has 2 nitrogen and oxygen atoms in total. The van der Waals surface area contributed by atoms with Crippen molar-refractivity contribution in [1.82, 2.24) is 0 Å². The highest BCUT2D eigenvalue weighted by Gasteiger charge is 2.36. The van der Waals surface area contributed by atoms with E-state index in [0.717, 1.165) is 36.2 Å². The maximum atomic E-state index is 14.1. The Balaban J connectivity index is 1.81. The third-order valence-corrected chi connectivity index (χ3v) is 4.56. The van der Waals surface area contributed by atoms with Crippen molar-refractivity contribution in [2.45, 2.75) is 32.2 Å². The van der Waals surface area contributed by atoms with E-state index in [-0.39, 0.29) is 11.9 Å². The van der Waals surface area contributed by atoms with Gasteiger partial charge in [-0.3, -0.25) is 0 Å². The summed E-state index contributed by atoms with van der Waals surface area (Å²) in [4.78, 5) is 2.22. The first-order valence-electron chi connectivity index (χ1n) is 6.95. The number of halogens is 1. The average Bonchev–Trinajstić information content (AvgIpc) is 2.88. The summed E-state index contributed by atoms with van der Waals surface area (Å²) in [6, 6.07) is 5.34. The Morgan fingerprint density at radius 1 is 1.28 bits per heavy atom. The van der Waals surface area contributed by atoms with Crippen molar-refractivity contribution in [3.63, 3.8) is 0 Å². The summed E-state index contributed by atoms with van der Waals surface area (Å²) in [5.41, 5.74) is 7.41. The smallest absolute Gasteiger partial charge is 0.146 e. The zero-order chi connectivity index (χ0) is 12.7. The molecule has 1 saturated carbocycles. The number of rotatable bonds is 2. The molecule has 0 aromatic heterocycles. The monoisotopic (exact) mass is 248 g/mol. The van der Waals surface area contributed by atoms with E-state index in [9.17, 15) is 4.39 Å². The van der Waals surface area contributed by atoms with E-state index in [0.29, 0.717) is 0 Å². The van der Waals surface area contributed by atoms with Crippen LogP contribution in [0, 0.1) is 17.7 Å².